The minimum atomic E-state index is 1.05. The predicted molar refractivity (Wildman–Crippen MR) is 103 cm³/mol. The summed E-state index contributed by atoms with van der Waals surface area (Å²) in [6, 6.07) is 0. The summed E-state index contributed by atoms with van der Waals surface area (Å²) in [6.45, 7) is 4.46. The average molecular weight is 301 g/mol. The van der Waals surface area contributed by atoms with Gasteiger partial charge in [-0.1, -0.05) is 93.9 Å². The number of hydrogen-bond acceptors (Lipinski definition) is 0. The highest BCUT2D eigenvalue weighted by molar-refractivity contribution is 5.00. The van der Waals surface area contributed by atoms with Crippen LogP contribution in [0.4, 0.5) is 0 Å². The van der Waals surface area contributed by atoms with E-state index in [-0.39, 0.29) is 0 Å². The molecule has 0 saturated carbocycles. The second kappa shape index (κ2) is 19.7. The van der Waals surface area contributed by atoms with Crippen LogP contribution in [0.25, 0.3) is 0 Å². The molecule has 0 amide bonds. The highest BCUT2D eigenvalue weighted by atomic mass is 13.9. The van der Waals surface area contributed by atoms with E-state index in [2.05, 4.69) is 74.6 Å². The van der Waals surface area contributed by atoms with Crippen LogP contribution in [0.5, 0.6) is 0 Å². The normalized spacial score (nSPS) is 13.0. The monoisotopic (exact) mass is 300 g/mol. The SMILES string of the molecule is CCCC=CCC=CCC=CCC=CCC=CCCCCC. The van der Waals surface area contributed by atoms with Crippen LogP contribution in [0, 0.1) is 0 Å². The third-order valence-corrected chi connectivity index (χ3v) is 3.35. The maximum atomic E-state index is 2.32. The Balaban J connectivity index is 3.42. The van der Waals surface area contributed by atoms with Gasteiger partial charge in [-0.3, -0.25) is 0 Å². The van der Waals surface area contributed by atoms with Gasteiger partial charge in [-0.15, -0.1) is 0 Å². The number of rotatable bonds is 14. The van der Waals surface area contributed by atoms with E-state index >= 15 is 0 Å². The van der Waals surface area contributed by atoms with Crippen molar-refractivity contribution in [3.8, 4) is 0 Å². The summed E-state index contributed by atoms with van der Waals surface area (Å²) in [5, 5.41) is 0. The molecule has 0 spiro atoms. The van der Waals surface area contributed by atoms with Gasteiger partial charge in [0.1, 0.15) is 0 Å². The third kappa shape index (κ3) is 18.7. The first-order valence-electron chi connectivity index (χ1n) is 9.16. The highest BCUT2D eigenvalue weighted by Gasteiger charge is 1.80. The molecular formula is C22H36. The Morgan fingerprint density at radius 3 is 1.23 bits per heavy atom. The lowest BCUT2D eigenvalue weighted by atomic mass is 10.2. The van der Waals surface area contributed by atoms with Gasteiger partial charge in [-0.25, -0.2) is 0 Å². The molecule has 0 aliphatic heterocycles. The maximum absolute atomic E-state index is 2.32. The van der Waals surface area contributed by atoms with Gasteiger partial charge >= 0.3 is 0 Å². The summed E-state index contributed by atoms with van der Waals surface area (Å²) in [7, 11) is 0. The van der Waals surface area contributed by atoms with Crippen LogP contribution in [0.1, 0.15) is 78.1 Å². The van der Waals surface area contributed by atoms with Crippen molar-refractivity contribution in [1.29, 1.82) is 0 Å². The molecule has 0 heterocycles. The number of hydrogen-bond donors (Lipinski definition) is 0. The minimum absolute atomic E-state index is 1.05. The van der Waals surface area contributed by atoms with Gasteiger partial charge in [0.15, 0.2) is 0 Å². The fourth-order valence-corrected chi connectivity index (χ4v) is 2.00. The first-order valence-corrected chi connectivity index (χ1v) is 9.16. The first kappa shape index (κ1) is 20.7. The Labute approximate surface area is 139 Å². The van der Waals surface area contributed by atoms with E-state index in [9.17, 15) is 0 Å². The van der Waals surface area contributed by atoms with Gasteiger partial charge in [0.25, 0.3) is 0 Å². The van der Waals surface area contributed by atoms with E-state index in [1.54, 1.807) is 0 Å². The second-order valence-electron chi connectivity index (χ2n) is 5.58. The van der Waals surface area contributed by atoms with Crippen LogP contribution in [-0.4, -0.2) is 0 Å². The predicted octanol–water partition coefficient (Wildman–Crippen LogP) is 7.71. The molecule has 0 nitrogen and oxygen atoms in total. The molecule has 0 aliphatic carbocycles. The van der Waals surface area contributed by atoms with Crippen molar-refractivity contribution in [3.05, 3.63) is 60.8 Å². The zero-order valence-corrected chi connectivity index (χ0v) is 14.8. The standard InChI is InChI=1S/C22H36/c1-3-5-7-9-11-13-15-17-19-21-22-20-18-16-14-12-10-8-6-4-2/h7,9,12-15,18-21H,3-6,8,10-11,16-17,22H2,1-2H3. The van der Waals surface area contributed by atoms with Crippen molar-refractivity contribution in [2.24, 2.45) is 0 Å². The molecule has 0 rings (SSSR count). The average Bonchev–Trinajstić information content (AvgIpc) is 2.54. The molecule has 0 radical (unpaired) electrons. The van der Waals surface area contributed by atoms with Gasteiger partial charge in [0.2, 0.25) is 0 Å². The quantitative estimate of drug-likeness (QED) is 0.227. The molecule has 124 valence electrons. The molecule has 0 aromatic rings. The van der Waals surface area contributed by atoms with E-state index in [4.69, 9.17) is 0 Å². The Kier molecular flexibility index (Phi) is 18.5. The number of allylic oxidation sites excluding steroid dienone is 10. The van der Waals surface area contributed by atoms with Crippen molar-refractivity contribution in [2.45, 2.75) is 78.1 Å². The third-order valence-electron chi connectivity index (χ3n) is 3.35. The molecule has 22 heavy (non-hydrogen) atoms. The molecule has 0 aliphatic rings. The lowest BCUT2D eigenvalue weighted by Crippen LogP contribution is -1.70. The van der Waals surface area contributed by atoms with Crippen LogP contribution < -0.4 is 0 Å². The van der Waals surface area contributed by atoms with Gasteiger partial charge in [-0.2, -0.15) is 0 Å². The Morgan fingerprint density at radius 2 is 0.818 bits per heavy atom. The zero-order valence-electron chi connectivity index (χ0n) is 14.8. The van der Waals surface area contributed by atoms with E-state index in [1.165, 1.54) is 38.5 Å². The molecule has 0 aromatic heterocycles. The second-order valence-corrected chi connectivity index (χ2v) is 5.58. The molecule has 0 N–H and O–H groups in total. The van der Waals surface area contributed by atoms with Crippen molar-refractivity contribution < 1.29 is 0 Å². The highest BCUT2D eigenvalue weighted by Crippen LogP contribution is 2.01. The van der Waals surface area contributed by atoms with Crippen LogP contribution in [0.15, 0.2) is 60.8 Å². The van der Waals surface area contributed by atoms with E-state index in [1.807, 2.05) is 0 Å². The van der Waals surface area contributed by atoms with E-state index in [0.717, 1.165) is 25.7 Å². The van der Waals surface area contributed by atoms with Gasteiger partial charge in [0.05, 0.1) is 0 Å². The first-order chi connectivity index (χ1) is 10.9. The topological polar surface area (TPSA) is 0 Å². The van der Waals surface area contributed by atoms with Gasteiger partial charge < -0.3 is 0 Å². The largest absolute Gasteiger partial charge is 0.0882 e. The van der Waals surface area contributed by atoms with Crippen molar-refractivity contribution in [1.82, 2.24) is 0 Å². The van der Waals surface area contributed by atoms with E-state index in [0.29, 0.717) is 0 Å². The fourth-order valence-electron chi connectivity index (χ4n) is 2.00. The Hall–Kier alpha value is -1.30. The summed E-state index contributed by atoms with van der Waals surface area (Å²) in [5.41, 5.74) is 0. The summed E-state index contributed by atoms with van der Waals surface area (Å²) >= 11 is 0. The van der Waals surface area contributed by atoms with Gasteiger partial charge in [-0.05, 0) is 44.9 Å². The number of unbranched alkanes of at least 4 members (excludes halogenated alkanes) is 4. The fraction of sp³-hybridized carbons (Fsp3) is 0.545. The molecule has 0 bridgehead atoms. The summed E-state index contributed by atoms with van der Waals surface area (Å²) in [4.78, 5) is 0. The van der Waals surface area contributed by atoms with Crippen LogP contribution in [0.3, 0.4) is 0 Å². The van der Waals surface area contributed by atoms with E-state index < -0.39 is 0 Å². The molecule has 0 saturated heterocycles. The molecule has 0 atom stereocenters. The Morgan fingerprint density at radius 1 is 0.409 bits per heavy atom. The molecular weight excluding hydrogens is 264 g/mol. The lowest BCUT2D eigenvalue weighted by Gasteiger charge is -1.90. The Bertz CT molecular complexity index is 339. The van der Waals surface area contributed by atoms with Gasteiger partial charge in [0, 0.05) is 0 Å². The minimum Gasteiger partial charge on any atom is -0.0882 e. The molecule has 0 aromatic carbocycles. The van der Waals surface area contributed by atoms with Crippen LogP contribution in [-0.2, 0) is 0 Å². The molecule has 0 fully saturated rings. The van der Waals surface area contributed by atoms with Crippen molar-refractivity contribution >= 4 is 0 Å². The zero-order chi connectivity index (χ0) is 16.1. The maximum Gasteiger partial charge on any atom is -0.0169 e. The smallest absolute Gasteiger partial charge is 0.0169 e. The van der Waals surface area contributed by atoms with Crippen molar-refractivity contribution in [3.63, 3.8) is 0 Å². The summed E-state index contributed by atoms with van der Waals surface area (Å²) in [6.07, 6.45) is 34.5. The summed E-state index contributed by atoms with van der Waals surface area (Å²) < 4.78 is 0. The van der Waals surface area contributed by atoms with Crippen molar-refractivity contribution in [2.75, 3.05) is 0 Å². The van der Waals surface area contributed by atoms with Crippen LogP contribution >= 0.6 is 0 Å². The van der Waals surface area contributed by atoms with Crippen LogP contribution in [0.2, 0.25) is 0 Å². The molecule has 0 heteroatoms. The molecule has 0 unspecified atom stereocenters. The lowest BCUT2D eigenvalue weighted by molar-refractivity contribution is 0.728. The summed E-state index contributed by atoms with van der Waals surface area (Å²) in [5.74, 6) is 0.